The first kappa shape index (κ1) is 26.0. The largest absolute Gasteiger partial charge is 0.455 e. The van der Waals surface area contributed by atoms with Crippen molar-refractivity contribution in [3.63, 3.8) is 0 Å². The van der Waals surface area contributed by atoms with Gasteiger partial charge in [-0.05, 0) is 98.5 Å². The Morgan fingerprint density at radius 2 is 1.04 bits per heavy atom. The predicted octanol–water partition coefficient (Wildman–Crippen LogP) is 14.4. The van der Waals surface area contributed by atoms with Crippen molar-refractivity contribution in [1.29, 1.82) is 0 Å². The van der Waals surface area contributed by atoms with Gasteiger partial charge in [0, 0.05) is 33.1 Å². The molecule has 1 aromatic heterocycles. The van der Waals surface area contributed by atoms with Gasteiger partial charge in [-0.15, -0.1) is 0 Å². The Labute approximate surface area is 308 Å². The van der Waals surface area contributed by atoms with Crippen LogP contribution in [0.3, 0.4) is 0 Å². The molecule has 10 aromatic rings. The molecule has 0 aliphatic carbocycles. The Hall–Kier alpha value is -6.90. The predicted molar refractivity (Wildman–Crippen MR) is 220 cm³/mol. The van der Waals surface area contributed by atoms with Gasteiger partial charge < -0.3 is 9.32 Å². The molecule has 0 amide bonds. The van der Waals surface area contributed by atoms with Crippen LogP contribution in [0.4, 0.5) is 17.1 Å². The number of furan rings is 1. The van der Waals surface area contributed by atoms with Gasteiger partial charge in [0.2, 0.25) is 0 Å². The van der Waals surface area contributed by atoms with Gasteiger partial charge in [0.05, 0.1) is 11.2 Å². The van der Waals surface area contributed by atoms with Crippen molar-refractivity contribution in [3.8, 4) is 33.4 Å². The minimum Gasteiger partial charge on any atom is -0.455 e. The lowest BCUT2D eigenvalue weighted by Crippen LogP contribution is -2.11. The van der Waals surface area contributed by atoms with Crippen LogP contribution in [0.25, 0.3) is 76.9 Å². The second kappa shape index (κ2) is 12.5. The quantitative estimate of drug-likeness (QED) is 0.175. The fourth-order valence-electron chi connectivity index (χ4n) is 7.31. The van der Waals surface area contributed by atoms with Gasteiger partial charge in [-0.2, -0.15) is 0 Å². The van der Waals surface area contributed by atoms with Gasteiger partial charge in [0.15, 0.2) is 0 Å². The highest BCUT2D eigenvalue weighted by atomic mass is 16.3. The highest BCUT2D eigenvalue weighted by Crippen LogP contribution is 2.43. The Morgan fingerprint density at radius 3 is 1.88 bits per heavy atom. The number of nitrogens with zero attached hydrogens (tertiary/aromatic N) is 1. The summed E-state index contributed by atoms with van der Waals surface area (Å²) in [5.74, 6) is 0. The lowest BCUT2D eigenvalue weighted by atomic mass is 9.98. The summed E-state index contributed by atoms with van der Waals surface area (Å²) in [5.41, 5.74) is 8.03. The molecule has 0 spiro atoms. The Morgan fingerprint density at radius 1 is 0.385 bits per heavy atom. The van der Waals surface area contributed by atoms with Crippen molar-refractivity contribution >= 4 is 60.5 Å². The van der Waals surface area contributed by atoms with Crippen molar-refractivity contribution in [3.05, 3.63) is 200 Å². The van der Waals surface area contributed by atoms with Gasteiger partial charge in [0.25, 0.3) is 0 Å². The molecule has 0 N–H and O–H groups in total. The van der Waals surface area contributed by atoms with Crippen LogP contribution in [0, 0.1) is 0 Å². The monoisotopic (exact) mass is 667 g/mol. The van der Waals surface area contributed by atoms with E-state index in [9.17, 15) is 5.48 Å². The fourth-order valence-corrected chi connectivity index (χ4v) is 7.31. The number of hydrogen-bond acceptors (Lipinski definition) is 2. The molecule has 2 heteroatoms. The molecular weight excluding hydrogens is 631 g/mol. The molecule has 0 fully saturated rings. The van der Waals surface area contributed by atoms with Crippen molar-refractivity contribution < 1.29 is 9.90 Å². The lowest BCUT2D eigenvalue weighted by molar-refractivity contribution is 0.672. The molecule has 9 aromatic carbocycles. The molecule has 0 unspecified atom stereocenters. The molecule has 244 valence electrons. The van der Waals surface area contributed by atoms with Gasteiger partial charge >= 0.3 is 0 Å². The van der Waals surface area contributed by atoms with E-state index < -0.39 is 0 Å². The van der Waals surface area contributed by atoms with Crippen molar-refractivity contribution in [1.82, 2.24) is 0 Å². The number of benzene rings is 9. The van der Waals surface area contributed by atoms with E-state index in [1.54, 1.807) is 0 Å². The molecule has 52 heavy (non-hydrogen) atoms. The number of rotatable bonds is 6. The molecule has 0 saturated heterocycles. The summed E-state index contributed by atoms with van der Waals surface area (Å²) in [6.45, 7) is 0. The van der Waals surface area contributed by atoms with Crippen molar-refractivity contribution in [2.45, 2.75) is 0 Å². The third kappa shape index (κ3) is 5.21. The van der Waals surface area contributed by atoms with E-state index in [0.29, 0.717) is 11.3 Å². The normalized spacial score (nSPS) is 12.5. The number of fused-ring (bicyclic) bond motifs is 6. The van der Waals surface area contributed by atoms with E-state index in [0.717, 1.165) is 71.4 Å². The molecule has 10 rings (SSSR count). The smallest absolute Gasteiger partial charge is 0.143 e. The van der Waals surface area contributed by atoms with E-state index in [1.165, 1.54) is 0 Å². The van der Waals surface area contributed by atoms with Crippen LogP contribution in [0.15, 0.2) is 205 Å². The molecule has 1 heterocycles. The SMILES string of the molecule is [2H]c1c([2H])c(N(c2ccc(-c3ccccc3)cc2)c2ccccc2-c2ccc3oc4c5ccccc5ccc4c3c2)c([2H])c([2H])c1-c1ccc2ccccc2c1. The van der Waals surface area contributed by atoms with Crippen LogP contribution in [-0.2, 0) is 0 Å². The minimum atomic E-state index is -0.126. The third-order valence-corrected chi connectivity index (χ3v) is 9.92. The Balaban J connectivity index is 1.18. The zero-order valence-corrected chi connectivity index (χ0v) is 28.1. The van der Waals surface area contributed by atoms with Crippen LogP contribution < -0.4 is 4.90 Å². The zero-order valence-electron chi connectivity index (χ0n) is 32.1. The molecular formula is C50H33NO. The topological polar surface area (TPSA) is 16.4 Å². The lowest BCUT2D eigenvalue weighted by Gasteiger charge is -2.28. The average molecular weight is 668 g/mol. The van der Waals surface area contributed by atoms with Gasteiger partial charge in [-0.1, -0.05) is 146 Å². The summed E-state index contributed by atoms with van der Waals surface area (Å²) in [4.78, 5) is 1.88. The van der Waals surface area contributed by atoms with Crippen LogP contribution in [0.2, 0.25) is 0 Å². The van der Waals surface area contributed by atoms with Crippen molar-refractivity contribution in [2.24, 2.45) is 0 Å². The number of hydrogen-bond donors (Lipinski definition) is 0. The maximum atomic E-state index is 9.57. The summed E-state index contributed by atoms with van der Waals surface area (Å²) in [6, 6.07) is 58.1. The summed E-state index contributed by atoms with van der Waals surface area (Å²) in [5, 5.41) is 6.19. The molecule has 0 radical (unpaired) electrons. The molecule has 0 bridgehead atoms. The van der Waals surface area contributed by atoms with Crippen LogP contribution in [0.5, 0.6) is 0 Å². The maximum Gasteiger partial charge on any atom is 0.143 e. The third-order valence-electron chi connectivity index (χ3n) is 9.92. The first-order valence-electron chi connectivity index (χ1n) is 19.4. The van der Waals surface area contributed by atoms with Gasteiger partial charge in [-0.25, -0.2) is 0 Å². The molecule has 0 saturated carbocycles. The Bertz CT molecular complexity index is 3110. The molecule has 0 aliphatic rings. The zero-order chi connectivity index (χ0) is 37.9. The first-order chi connectivity index (χ1) is 27.4. The van der Waals surface area contributed by atoms with E-state index >= 15 is 0 Å². The molecule has 0 atom stereocenters. The van der Waals surface area contributed by atoms with Crippen LogP contribution >= 0.6 is 0 Å². The van der Waals surface area contributed by atoms with Gasteiger partial charge in [0.1, 0.15) is 11.2 Å². The summed E-state index contributed by atoms with van der Waals surface area (Å²) >= 11 is 0. The molecule has 0 aliphatic heterocycles. The second-order valence-corrected chi connectivity index (χ2v) is 13.0. The van der Waals surface area contributed by atoms with Crippen LogP contribution in [0.1, 0.15) is 5.48 Å². The number of anilines is 3. The second-order valence-electron chi connectivity index (χ2n) is 13.0. The van der Waals surface area contributed by atoms with Crippen LogP contribution in [-0.4, -0.2) is 0 Å². The molecule has 2 nitrogen and oxygen atoms in total. The first-order valence-corrected chi connectivity index (χ1v) is 17.4. The van der Waals surface area contributed by atoms with Gasteiger partial charge in [-0.3, -0.25) is 0 Å². The van der Waals surface area contributed by atoms with E-state index in [-0.39, 0.29) is 35.4 Å². The van der Waals surface area contributed by atoms with E-state index in [2.05, 4.69) is 42.5 Å². The highest BCUT2D eigenvalue weighted by molar-refractivity contribution is 6.15. The summed E-state index contributed by atoms with van der Waals surface area (Å²) in [6.07, 6.45) is 0. The Kier molecular flexibility index (Phi) is 6.22. The minimum absolute atomic E-state index is 0.0989. The average Bonchev–Trinajstić information content (AvgIpc) is 3.64. The summed E-state index contributed by atoms with van der Waals surface area (Å²) in [7, 11) is 0. The summed E-state index contributed by atoms with van der Waals surface area (Å²) < 4.78 is 44.3. The van der Waals surface area contributed by atoms with E-state index in [4.69, 9.17) is 4.42 Å². The fraction of sp³-hybridized carbons (Fsp3) is 0. The number of para-hydroxylation sites is 1. The standard InChI is InChI=1S/C50H33NO/c1-2-10-34(11-3-1)36-20-26-42(27-21-36)51(43-28-22-37(23-29-43)40-19-18-35-12-4-5-14-39(35)32-40)48-17-9-8-15-44(48)41-25-31-49-47(33-41)46-30-24-38-13-6-7-16-45(38)50(46)52-49/h1-33H/i22D,23D,28D,29D. The highest BCUT2D eigenvalue weighted by Gasteiger charge is 2.19. The van der Waals surface area contributed by atoms with Crippen molar-refractivity contribution in [2.75, 3.05) is 4.90 Å². The van der Waals surface area contributed by atoms with E-state index in [1.807, 2.05) is 138 Å². The maximum absolute atomic E-state index is 9.57.